The molecule has 0 spiro atoms. The van der Waals surface area contributed by atoms with Crippen LogP contribution in [0.3, 0.4) is 0 Å². The Kier molecular flexibility index (Phi) is 4.26. The summed E-state index contributed by atoms with van der Waals surface area (Å²) < 4.78 is 1.76. The molecular weight excluding hydrogens is 136 g/mol. The van der Waals surface area contributed by atoms with Gasteiger partial charge >= 0.3 is 20.4 Å². The van der Waals surface area contributed by atoms with Gasteiger partial charge in [-0.3, -0.25) is 0 Å². The van der Waals surface area contributed by atoms with E-state index >= 15 is 0 Å². The van der Waals surface area contributed by atoms with Crippen molar-refractivity contribution in [2.24, 2.45) is 0 Å². The fourth-order valence-electron chi connectivity index (χ4n) is 1.88. The van der Waals surface area contributed by atoms with Gasteiger partial charge in [0.2, 0.25) is 0 Å². The number of hydrogen-bond donors (Lipinski definition) is 0. The molecule has 0 atom stereocenters. The Morgan fingerprint density at radius 3 is 2.44 bits per heavy atom. The van der Waals surface area contributed by atoms with E-state index in [-0.39, 0.29) is 8.80 Å². The van der Waals surface area contributed by atoms with Crippen molar-refractivity contribution in [3.05, 3.63) is 0 Å². The summed E-state index contributed by atoms with van der Waals surface area (Å²) in [5.41, 5.74) is 0. The lowest BCUT2D eigenvalue weighted by molar-refractivity contribution is 0.724. The molecule has 1 fully saturated rings. The van der Waals surface area contributed by atoms with E-state index in [4.69, 9.17) is 0 Å². The highest BCUT2D eigenvalue weighted by atomic mass is 28.3. The fourth-order valence-corrected chi connectivity index (χ4v) is 9.48. The molecule has 0 aromatic heterocycles. The molecule has 50 valence electrons. The second kappa shape index (κ2) is 4.75. The maximum Gasteiger partial charge on any atom is 0.356 e. The van der Waals surface area contributed by atoms with E-state index in [0.717, 1.165) is 0 Å². The molecule has 1 heterocycles. The van der Waals surface area contributed by atoms with Crippen LogP contribution in [0.2, 0.25) is 21.3 Å². The summed E-state index contributed by atoms with van der Waals surface area (Å²) >= 11 is 0.431. The molecule has 0 aromatic carbocycles. The Morgan fingerprint density at radius 2 is 1.89 bits per heavy atom. The Balaban J connectivity index is 2.08. The van der Waals surface area contributed by atoms with Crippen LogP contribution in [-0.4, -0.2) is 29.2 Å². The van der Waals surface area contributed by atoms with Crippen molar-refractivity contribution < 1.29 is 0 Å². The molecule has 0 bridgehead atoms. The standard InChI is InChI=1S/C6H13Si.CH3.Mg/c1-7-5-3-2-4-6-7;;/h7H,1-6H2;1H3;. The third-order valence-corrected chi connectivity index (χ3v) is 10.4. The fraction of sp³-hybridized carbons (Fsp3) is 1.00. The molecule has 1 aliphatic rings. The molecule has 0 saturated carbocycles. The van der Waals surface area contributed by atoms with E-state index in [1.165, 1.54) is 0 Å². The van der Waals surface area contributed by atoms with Crippen molar-refractivity contribution in [3.8, 4) is 0 Å². The first-order chi connectivity index (χ1) is 4.43. The van der Waals surface area contributed by atoms with Crippen molar-refractivity contribution in [1.29, 1.82) is 0 Å². The zero-order valence-corrected chi connectivity index (χ0v) is 9.10. The number of rotatable bonds is 2. The molecule has 0 amide bonds. The van der Waals surface area contributed by atoms with Gasteiger partial charge in [-0.25, -0.2) is 0 Å². The molecule has 0 nitrogen and oxygen atoms in total. The van der Waals surface area contributed by atoms with Crippen molar-refractivity contribution in [2.45, 2.75) is 40.6 Å². The average molecular weight is 153 g/mol. The summed E-state index contributed by atoms with van der Waals surface area (Å²) in [5, 5.41) is 2.47. The van der Waals surface area contributed by atoms with Crippen LogP contribution < -0.4 is 0 Å². The summed E-state index contributed by atoms with van der Waals surface area (Å²) in [6.07, 6.45) is 4.73. The van der Waals surface area contributed by atoms with Gasteiger partial charge in [0.25, 0.3) is 0 Å². The smallest absolute Gasteiger partial charge is 0.158 e. The normalized spacial score (nSPS) is 21.4. The molecule has 0 aromatic rings. The topological polar surface area (TPSA) is 0 Å². The predicted molar refractivity (Wildman–Crippen MR) is 47.0 cm³/mol. The first-order valence-corrected chi connectivity index (χ1v) is 9.30. The minimum atomic E-state index is -0.0644. The highest BCUT2D eigenvalue weighted by molar-refractivity contribution is 6.69. The van der Waals surface area contributed by atoms with Gasteiger partial charge in [-0.15, -0.1) is 0 Å². The van der Waals surface area contributed by atoms with E-state index < -0.39 is 0 Å². The van der Waals surface area contributed by atoms with Gasteiger partial charge in [0.1, 0.15) is 0 Å². The Bertz CT molecular complexity index is 66.6. The second-order valence-electron chi connectivity index (χ2n) is 3.29. The molecule has 1 saturated heterocycles. The van der Waals surface area contributed by atoms with Crippen LogP contribution in [0.25, 0.3) is 0 Å². The van der Waals surface area contributed by atoms with Gasteiger partial charge in [0.05, 0.1) is 0 Å². The molecule has 1 aliphatic heterocycles. The minimum absolute atomic E-state index is 0.0644. The van der Waals surface area contributed by atoms with Crippen LogP contribution in [-0.2, 0) is 0 Å². The molecule has 0 unspecified atom stereocenters. The van der Waals surface area contributed by atoms with Gasteiger partial charge < -0.3 is 0 Å². The molecule has 0 radical (unpaired) electrons. The Labute approximate surface area is 69.7 Å². The largest absolute Gasteiger partial charge is 0.356 e. The van der Waals surface area contributed by atoms with Crippen molar-refractivity contribution in [2.75, 3.05) is 0 Å². The van der Waals surface area contributed by atoms with Crippen LogP contribution in [0.5, 0.6) is 0 Å². The summed E-state index contributed by atoms with van der Waals surface area (Å²) in [7, 11) is -0.0644. The maximum atomic E-state index is 2.47. The quantitative estimate of drug-likeness (QED) is 0.532. The van der Waals surface area contributed by atoms with Gasteiger partial charge in [-0.2, -0.15) is 9.23 Å². The van der Waals surface area contributed by atoms with Crippen molar-refractivity contribution in [3.63, 3.8) is 0 Å². The molecule has 9 heavy (non-hydrogen) atoms. The second-order valence-corrected chi connectivity index (χ2v) is 9.49. The Morgan fingerprint density at radius 1 is 1.22 bits per heavy atom. The van der Waals surface area contributed by atoms with Crippen LogP contribution in [0.1, 0.15) is 19.3 Å². The summed E-state index contributed by atoms with van der Waals surface area (Å²) in [5.74, 6) is 0. The average Bonchev–Trinajstić information content (AvgIpc) is 1.91. The van der Waals surface area contributed by atoms with Crippen molar-refractivity contribution in [1.82, 2.24) is 0 Å². The monoisotopic (exact) mass is 152 g/mol. The van der Waals surface area contributed by atoms with Gasteiger partial charge in [0.15, 0.2) is 0 Å². The lowest BCUT2D eigenvalue weighted by Crippen LogP contribution is -2.17. The zero-order valence-electron chi connectivity index (χ0n) is 6.53. The first kappa shape index (κ1) is 8.08. The summed E-state index contributed by atoms with van der Waals surface area (Å²) in [6, 6.07) is 3.39. The van der Waals surface area contributed by atoms with E-state index in [2.05, 4.69) is 5.05 Å². The minimum Gasteiger partial charge on any atom is -0.158 e. The van der Waals surface area contributed by atoms with Gasteiger partial charge in [0, 0.05) is 8.80 Å². The van der Waals surface area contributed by atoms with Crippen LogP contribution in [0.4, 0.5) is 0 Å². The van der Waals surface area contributed by atoms with E-state index in [0.29, 0.717) is 20.4 Å². The lowest BCUT2D eigenvalue weighted by atomic mass is 10.3. The van der Waals surface area contributed by atoms with Gasteiger partial charge in [-0.05, 0) is 0 Å². The van der Waals surface area contributed by atoms with E-state index in [1.807, 2.05) is 0 Å². The highest BCUT2D eigenvalue weighted by Gasteiger charge is 2.12. The maximum absolute atomic E-state index is 2.47. The molecule has 0 N–H and O–H groups in total. The SMILES string of the molecule is [CH3][Mg][CH2][SiH]1CCCCC1. The zero-order chi connectivity index (χ0) is 6.53. The number of hydrogen-bond acceptors (Lipinski definition) is 0. The summed E-state index contributed by atoms with van der Waals surface area (Å²) in [6.45, 7) is 0. The lowest BCUT2D eigenvalue weighted by Gasteiger charge is -2.19. The Hall–Kier alpha value is 0.983. The third kappa shape index (κ3) is 3.05. The van der Waals surface area contributed by atoms with Gasteiger partial charge in [-0.1, -0.05) is 31.4 Å². The van der Waals surface area contributed by atoms with Crippen LogP contribution >= 0.6 is 0 Å². The summed E-state index contributed by atoms with van der Waals surface area (Å²) in [4.78, 5) is 0. The molecule has 1 rings (SSSR count). The highest BCUT2D eigenvalue weighted by Crippen LogP contribution is 2.20. The van der Waals surface area contributed by atoms with Crippen LogP contribution in [0.15, 0.2) is 0 Å². The molecular formula is C7H16MgSi. The van der Waals surface area contributed by atoms with E-state index in [1.54, 1.807) is 35.5 Å². The predicted octanol–water partition coefficient (Wildman–Crippen LogP) is 2.11. The van der Waals surface area contributed by atoms with Crippen molar-refractivity contribution >= 4 is 29.2 Å². The van der Waals surface area contributed by atoms with E-state index in [9.17, 15) is 0 Å². The van der Waals surface area contributed by atoms with Crippen LogP contribution in [0, 0.1) is 0 Å². The first-order valence-electron chi connectivity index (χ1n) is 4.43. The molecule has 2 heteroatoms. The third-order valence-electron chi connectivity index (χ3n) is 2.42. The molecule has 0 aliphatic carbocycles.